The van der Waals surface area contributed by atoms with Gasteiger partial charge in [-0.3, -0.25) is 14.5 Å². The summed E-state index contributed by atoms with van der Waals surface area (Å²) < 4.78 is 0.722. The average molecular weight is 497 g/mol. The molecule has 2 aliphatic rings. The number of likely N-dealkylation sites (tertiary alicyclic amines) is 1. The van der Waals surface area contributed by atoms with Crippen molar-refractivity contribution >= 4 is 29.3 Å². The summed E-state index contributed by atoms with van der Waals surface area (Å²) in [6, 6.07) is 19.9. The van der Waals surface area contributed by atoms with E-state index in [1.807, 2.05) is 29.2 Å². The number of carbonyl (C=O) groups is 2. The molecule has 37 heavy (non-hydrogen) atoms. The summed E-state index contributed by atoms with van der Waals surface area (Å²) in [4.78, 5) is 32.0. The van der Waals surface area contributed by atoms with Crippen molar-refractivity contribution in [3.8, 4) is 0 Å². The second-order valence-corrected chi connectivity index (χ2v) is 9.76. The normalized spacial score (nSPS) is 16.2. The first kappa shape index (κ1) is 24.7. The van der Waals surface area contributed by atoms with Gasteiger partial charge in [0.15, 0.2) is 12.4 Å². The molecule has 0 bridgehead atoms. The average Bonchev–Trinajstić information content (AvgIpc) is 3.34. The molecule has 0 N–H and O–H groups in total. The maximum atomic E-state index is 13.6. The van der Waals surface area contributed by atoms with E-state index < -0.39 is 0 Å². The maximum Gasteiger partial charge on any atom is 0.251 e. The molecule has 7 nitrogen and oxygen atoms in total. The third-order valence-corrected chi connectivity index (χ3v) is 7.28. The van der Waals surface area contributed by atoms with Gasteiger partial charge in [0.1, 0.15) is 0 Å². The van der Waals surface area contributed by atoms with Crippen molar-refractivity contribution in [2.24, 2.45) is 0 Å². The van der Waals surface area contributed by atoms with Crippen molar-refractivity contribution in [1.29, 1.82) is 0 Å². The largest absolute Gasteiger partial charge is 0.619 e. The molecule has 5 rings (SSSR count). The second-order valence-electron chi connectivity index (χ2n) is 9.76. The van der Waals surface area contributed by atoms with Crippen LogP contribution in [0.15, 0.2) is 79.1 Å². The predicted molar refractivity (Wildman–Crippen MR) is 145 cm³/mol. The third kappa shape index (κ3) is 5.73. The molecule has 1 saturated heterocycles. The zero-order chi connectivity index (χ0) is 25.8. The molecular formula is C30H32N4O3. The standard InChI is InChI=1S/C30H32N4O3/c1-23(35)33-20-13-26-8-9-28(21-29(26)33)34(30(36)10-7-24-11-18-32(37)19-12-24)27-14-16-31(17-15-27)22-25-5-3-2-4-6-25/h2-12,18-19,21,27H,13-17,20,22H2,1H3. The highest BCUT2D eigenvalue weighted by Gasteiger charge is 2.30. The zero-order valence-corrected chi connectivity index (χ0v) is 21.1. The first-order chi connectivity index (χ1) is 18.0. The summed E-state index contributed by atoms with van der Waals surface area (Å²) in [5, 5.41) is 11.4. The molecule has 0 spiro atoms. The Balaban J connectivity index is 1.38. The Morgan fingerprint density at radius 2 is 1.76 bits per heavy atom. The first-order valence-electron chi connectivity index (χ1n) is 12.9. The second kappa shape index (κ2) is 11.0. The number of piperidine rings is 1. The van der Waals surface area contributed by atoms with E-state index in [0.29, 0.717) is 6.54 Å². The Labute approximate surface area is 217 Å². The lowest BCUT2D eigenvalue weighted by molar-refractivity contribution is -0.605. The van der Waals surface area contributed by atoms with Crippen molar-refractivity contribution in [2.75, 3.05) is 29.4 Å². The number of aromatic nitrogens is 1. The lowest BCUT2D eigenvalue weighted by atomic mass is 10.0. The number of fused-ring (bicyclic) bond motifs is 1. The van der Waals surface area contributed by atoms with Crippen LogP contribution in [0, 0.1) is 5.21 Å². The topological polar surface area (TPSA) is 70.8 Å². The van der Waals surface area contributed by atoms with E-state index in [9.17, 15) is 14.8 Å². The molecule has 190 valence electrons. The lowest BCUT2D eigenvalue weighted by Gasteiger charge is -2.38. The Morgan fingerprint density at radius 3 is 2.46 bits per heavy atom. The summed E-state index contributed by atoms with van der Waals surface area (Å²) in [6.07, 6.45) is 8.71. The molecule has 3 aromatic rings. The van der Waals surface area contributed by atoms with Crippen LogP contribution in [0.25, 0.3) is 6.08 Å². The van der Waals surface area contributed by atoms with E-state index in [1.54, 1.807) is 36.1 Å². The molecule has 7 heteroatoms. The number of rotatable bonds is 6. The van der Waals surface area contributed by atoms with Gasteiger partial charge in [0.25, 0.3) is 5.91 Å². The Hall–Kier alpha value is -3.97. The van der Waals surface area contributed by atoms with Crippen LogP contribution in [0.4, 0.5) is 11.4 Å². The van der Waals surface area contributed by atoms with E-state index in [4.69, 9.17) is 0 Å². The summed E-state index contributed by atoms with van der Waals surface area (Å²) in [6.45, 7) is 4.97. The minimum Gasteiger partial charge on any atom is -0.619 e. The van der Waals surface area contributed by atoms with Gasteiger partial charge < -0.3 is 15.0 Å². The number of pyridine rings is 1. The Morgan fingerprint density at radius 1 is 1.03 bits per heavy atom. The third-order valence-electron chi connectivity index (χ3n) is 7.28. The van der Waals surface area contributed by atoms with Crippen molar-refractivity contribution in [3.05, 3.63) is 101 Å². The molecule has 0 unspecified atom stereocenters. The molecule has 0 radical (unpaired) electrons. The number of anilines is 2. The molecule has 1 aromatic heterocycles. The van der Waals surface area contributed by atoms with Gasteiger partial charge in [-0.2, -0.15) is 4.73 Å². The Kier molecular flexibility index (Phi) is 7.32. The summed E-state index contributed by atoms with van der Waals surface area (Å²) >= 11 is 0. The van der Waals surface area contributed by atoms with E-state index in [2.05, 4.69) is 29.2 Å². The van der Waals surface area contributed by atoms with Gasteiger partial charge in [-0.15, -0.1) is 0 Å². The fourth-order valence-electron chi connectivity index (χ4n) is 5.32. The molecule has 3 heterocycles. The van der Waals surface area contributed by atoms with E-state index in [-0.39, 0.29) is 17.9 Å². The molecule has 2 aromatic carbocycles. The predicted octanol–water partition coefficient (Wildman–Crippen LogP) is 3.94. The van der Waals surface area contributed by atoms with Crippen LogP contribution in [0.3, 0.4) is 0 Å². The maximum absolute atomic E-state index is 13.6. The van der Waals surface area contributed by atoms with E-state index in [0.717, 1.165) is 66.1 Å². The zero-order valence-electron chi connectivity index (χ0n) is 21.1. The molecular weight excluding hydrogens is 464 g/mol. The molecule has 0 atom stereocenters. The van der Waals surface area contributed by atoms with Crippen molar-refractivity contribution in [3.63, 3.8) is 0 Å². The van der Waals surface area contributed by atoms with Crippen LogP contribution in [0.5, 0.6) is 0 Å². The number of benzene rings is 2. The van der Waals surface area contributed by atoms with Gasteiger partial charge >= 0.3 is 0 Å². The van der Waals surface area contributed by atoms with Crippen molar-refractivity contribution < 1.29 is 14.3 Å². The number of hydrogen-bond acceptors (Lipinski definition) is 4. The van der Waals surface area contributed by atoms with Gasteiger partial charge in [0, 0.05) is 68.7 Å². The quantitative estimate of drug-likeness (QED) is 0.295. The summed E-state index contributed by atoms with van der Waals surface area (Å²) in [5.74, 6) is -0.0877. The van der Waals surface area contributed by atoms with Crippen molar-refractivity contribution in [2.45, 2.75) is 38.8 Å². The van der Waals surface area contributed by atoms with Gasteiger partial charge in [0.2, 0.25) is 5.91 Å². The Bertz CT molecular complexity index is 1280. The van der Waals surface area contributed by atoms with Gasteiger partial charge in [-0.1, -0.05) is 36.4 Å². The summed E-state index contributed by atoms with van der Waals surface area (Å²) in [7, 11) is 0. The highest BCUT2D eigenvalue weighted by molar-refractivity contribution is 6.05. The number of nitrogens with zero attached hydrogens (tertiary/aromatic N) is 4. The molecule has 1 fully saturated rings. The first-order valence-corrected chi connectivity index (χ1v) is 12.9. The van der Waals surface area contributed by atoms with E-state index in [1.165, 1.54) is 18.0 Å². The molecule has 2 aliphatic heterocycles. The van der Waals surface area contributed by atoms with Gasteiger partial charge in [-0.05, 0) is 54.2 Å². The fourth-order valence-corrected chi connectivity index (χ4v) is 5.32. The van der Waals surface area contributed by atoms with Crippen LogP contribution < -0.4 is 14.5 Å². The highest BCUT2D eigenvalue weighted by atomic mass is 16.5. The van der Waals surface area contributed by atoms with Crippen LogP contribution in [-0.4, -0.2) is 42.4 Å². The molecule has 0 saturated carbocycles. The van der Waals surface area contributed by atoms with Crippen LogP contribution >= 0.6 is 0 Å². The SMILES string of the molecule is CC(=O)N1CCc2ccc(N(C(=O)C=Cc3cc[n+]([O-])cc3)C3CCN(Cc4ccccc4)CC3)cc21. The summed E-state index contributed by atoms with van der Waals surface area (Å²) in [5.41, 5.74) is 4.93. The van der Waals surface area contributed by atoms with Crippen LogP contribution in [-0.2, 0) is 22.6 Å². The number of hydrogen-bond donors (Lipinski definition) is 0. The lowest BCUT2D eigenvalue weighted by Crippen LogP contribution is -2.47. The molecule has 2 amide bonds. The van der Waals surface area contributed by atoms with Crippen molar-refractivity contribution in [1.82, 2.24) is 4.90 Å². The van der Waals surface area contributed by atoms with Crippen LogP contribution in [0.2, 0.25) is 0 Å². The smallest absolute Gasteiger partial charge is 0.251 e. The van der Waals surface area contributed by atoms with Gasteiger partial charge in [-0.25, -0.2) is 0 Å². The van der Waals surface area contributed by atoms with E-state index >= 15 is 0 Å². The minimum atomic E-state index is -0.104. The number of amides is 2. The molecule has 0 aliphatic carbocycles. The van der Waals surface area contributed by atoms with Gasteiger partial charge in [0.05, 0.1) is 0 Å². The fraction of sp³-hybridized carbons (Fsp3) is 0.300. The van der Waals surface area contributed by atoms with Crippen LogP contribution in [0.1, 0.15) is 36.5 Å². The monoisotopic (exact) mass is 496 g/mol. The number of carbonyl (C=O) groups excluding carboxylic acids is 2. The minimum absolute atomic E-state index is 0.0163. The highest BCUT2D eigenvalue weighted by Crippen LogP contribution is 2.34.